The number of ketones is 1. The molecule has 1 aromatic heterocycles. The highest BCUT2D eigenvalue weighted by molar-refractivity contribution is 9.11. The minimum atomic E-state index is -0.227. The fourth-order valence-electron chi connectivity index (χ4n) is 1.58. The van der Waals surface area contributed by atoms with Crippen molar-refractivity contribution < 1.29 is 9.59 Å². The van der Waals surface area contributed by atoms with Gasteiger partial charge in [-0.1, -0.05) is 12.1 Å². The van der Waals surface area contributed by atoms with Crippen LogP contribution in [0.15, 0.2) is 46.3 Å². The maximum absolute atomic E-state index is 11.8. The maximum Gasteiger partial charge on any atom is 0.248 e. The quantitative estimate of drug-likeness (QED) is 0.658. The van der Waals surface area contributed by atoms with Crippen LogP contribution in [0.4, 0.5) is 5.69 Å². The molecule has 1 N–H and O–H groups in total. The highest BCUT2D eigenvalue weighted by Gasteiger charge is 2.02. The Labute approximate surface area is 129 Å². The van der Waals surface area contributed by atoms with E-state index in [9.17, 15) is 9.59 Å². The summed E-state index contributed by atoms with van der Waals surface area (Å²) in [6, 6.07) is 10.7. The molecule has 0 radical (unpaired) electrons. The van der Waals surface area contributed by atoms with Gasteiger partial charge in [-0.05, 0) is 53.2 Å². The first-order valence-corrected chi connectivity index (χ1v) is 7.51. The Balaban J connectivity index is 2.02. The molecule has 0 aliphatic carbocycles. The number of carbonyl (C=O) groups is 2. The third-order valence-electron chi connectivity index (χ3n) is 2.53. The first-order valence-electron chi connectivity index (χ1n) is 5.90. The molecule has 0 saturated heterocycles. The first-order chi connectivity index (χ1) is 9.54. The molecular formula is C15H12BrNO2S. The minimum Gasteiger partial charge on any atom is -0.322 e. The van der Waals surface area contributed by atoms with E-state index in [-0.39, 0.29) is 11.7 Å². The average molecular weight is 350 g/mol. The van der Waals surface area contributed by atoms with Crippen LogP contribution in [0.25, 0.3) is 6.08 Å². The number of hydrogen-bond donors (Lipinski definition) is 1. The summed E-state index contributed by atoms with van der Waals surface area (Å²) in [5.74, 6) is -0.254. The van der Waals surface area contributed by atoms with E-state index < -0.39 is 0 Å². The molecule has 0 aliphatic rings. The molecule has 3 nitrogen and oxygen atoms in total. The van der Waals surface area contributed by atoms with Crippen LogP contribution in [-0.4, -0.2) is 11.7 Å². The molecule has 1 aromatic carbocycles. The fraction of sp³-hybridized carbons (Fsp3) is 0.0667. The Morgan fingerprint density at radius 1 is 1.25 bits per heavy atom. The number of hydrogen-bond acceptors (Lipinski definition) is 3. The molecule has 2 aromatic rings. The largest absolute Gasteiger partial charge is 0.322 e. The van der Waals surface area contributed by atoms with Gasteiger partial charge >= 0.3 is 0 Å². The Morgan fingerprint density at radius 3 is 2.70 bits per heavy atom. The van der Waals surface area contributed by atoms with Gasteiger partial charge in [0, 0.05) is 22.2 Å². The Kier molecular flexibility index (Phi) is 4.87. The topological polar surface area (TPSA) is 46.2 Å². The molecule has 20 heavy (non-hydrogen) atoms. The summed E-state index contributed by atoms with van der Waals surface area (Å²) in [6.07, 6.45) is 3.22. The standard InChI is InChI=1S/C15H12BrNO2S/c1-10(18)11-3-2-4-12(9-11)17-15(19)8-6-13-5-7-14(16)20-13/h2-9H,1H3,(H,17,19). The monoisotopic (exact) mass is 349 g/mol. The van der Waals surface area contributed by atoms with E-state index in [1.54, 1.807) is 41.7 Å². The van der Waals surface area contributed by atoms with E-state index in [4.69, 9.17) is 0 Å². The Morgan fingerprint density at radius 2 is 2.05 bits per heavy atom. The summed E-state index contributed by atoms with van der Waals surface area (Å²) >= 11 is 4.91. The van der Waals surface area contributed by atoms with Gasteiger partial charge in [-0.25, -0.2) is 0 Å². The SMILES string of the molecule is CC(=O)c1cccc(NC(=O)C=Cc2ccc(Br)s2)c1. The Hall–Kier alpha value is -1.72. The number of thiophene rings is 1. The molecule has 102 valence electrons. The normalized spacial score (nSPS) is 10.7. The maximum atomic E-state index is 11.8. The van der Waals surface area contributed by atoms with E-state index in [1.165, 1.54) is 13.0 Å². The third kappa shape index (κ3) is 4.15. The smallest absolute Gasteiger partial charge is 0.248 e. The lowest BCUT2D eigenvalue weighted by molar-refractivity contribution is -0.111. The van der Waals surface area contributed by atoms with Crippen LogP contribution in [-0.2, 0) is 4.79 Å². The molecular weight excluding hydrogens is 338 g/mol. The average Bonchev–Trinajstić information content (AvgIpc) is 2.82. The summed E-state index contributed by atoms with van der Waals surface area (Å²) in [7, 11) is 0. The second kappa shape index (κ2) is 6.63. The lowest BCUT2D eigenvalue weighted by atomic mass is 10.1. The second-order valence-electron chi connectivity index (χ2n) is 4.10. The van der Waals surface area contributed by atoms with E-state index in [2.05, 4.69) is 21.2 Å². The molecule has 0 aliphatic heterocycles. The summed E-state index contributed by atoms with van der Waals surface area (Å²) in [5.41, 5.74) is 1.19. The highest BCUT2D eigenvalue weighted by Crippen LogP contribution is 2.23. The van der Waals surface area contributed by atoms with Gasteiger partial charge < -0.3 is 5.32 Å². The molecule has 5 heteroatoms. The van der Waals surface area contributed by atoms with Crippen LogP contribution in [0.2, 0.25) is 0 Å². The van der Waals surface area contributed by atoms with Crippen molar-refractivity contribution in [1.29, 1.82) is 0 Å². The predicted octanol–water partition coefficient (Wildman–Crippen LogP) is 4.37. The van der Waals surface area contributed by atoms with E-state index in [0.717, 1.165) is 8.66 Å². The van der Waals surface area contributed by atoms with Crippen molar-refractivity contribution in [2.75, 3.05) is 5.32 Å². The zero-order valence-electron chi connectivity index (χ0n) is 10.7. The number of halogens is 1. The highest BCUT2D eigenvalue weighted by atomic mass is 79.9. The van der Waals surface area contributed by atoms with Gasteiger partial charge in [0.15, 0.2) is 5.78 Å². The number of nitrogens with one attached hydrogen (secondary N) is 1. The van der Waals surface area contributed by atoms with E-state index >= 15 is 0 Å². The predicted molar refractivity (Wildman–Crippen MR) is 86.1 cm³/mol. The molecule has 0 bridgehead atoms. The molecule has 0 atom stereocenters. The minimum absolute atomic E-state index is 0.0277. The molecule has 0 unspecified atom stereocenters. The molecule has 0 saturated carbocycles. The van der Waals surface area contributed by atoms with Crippen LogP contribution in [0.3, 0.4) is 0 Å². The van der Waals surface area contributed by atoms with Crippen LogP contribution < -0.4 is 5.32 Å². The zero-order valence-corrected chi connectivity index (χ0v) is 13.1. The van der Waals surface area contributed by atoms with Crippen molar-refractivity contribution in [3.8, 4) is 0 Å². The number of benzene rings is 1. The summed E-state index contributed by atoms with van der Waals surface area (Å²) in [6.45, 7) is 1.50. The van der Waals surface area contributed by atoms with Gasteiger partial charge in [-0.2, -0.15) is 0 Å². The lowest BCUT2D eigenvalue weighted by Gasteiger charge is -2.03. The van der Waals surface area contributed by atoms with Crippen molar-refractivity contribution in [2.45, 2.75) is 6.92 Å². The van der Waals surface area contributed by atoms with Crippen molar-refractivity contribution >= 4 is 50.7 Å². The molecule has 2 rings (SSSR count). The van der Waals surface area contributed by atoms with E-state index in [1.807, 2.05) is 12.1 Å². The van der Waals surface area contributed by atoms with Gasteiger partial charge in [0.05, 0.1) is 3.79 Å². The van der Waals surface area contributed by atoms with Gasteiger partial charge in [-0.15, -0.1) is 11.3 Å². The molecule has 1 heterocycles. The first kappa shape index (κ1) is 14.7. The second-order valence-corrected chi connectivity index (χ2v) is 6.60. The molecule has 1 amide bonds. The van der Waals surface area contributed by atoms with Gasteiger partial charge in [0.25, 0.3) is 0 Å². The van der Waals surface area contributed by atoms with Crippen LogP contribution in [0.1, 0.15) is 22.2 Å². The number of carbonyl (C=O) groups excluding carboxylic acids is 2. The van der Waals surface area contributed by atoms with Gasteiger partial charge in [-0.3, -0.25) is 9.59 Å². The van der Waals surface area contributed by atoms with Crippen LogP contribution in [0, 0.1) is 0 Å². The van der Waals surface area contributed by atoms with Gasteiger partial charge in [0.2, 0.25) is 5.91 Å². The van der Waals surface area contributed by atoms with Crippen LogP contribution in [0.5, 0.6) is 0 Å². The third-order valence-corrected chi connectivity index (χ3v) is 4.12. The zero-order chi connectivity index (χ0) is 14.5. The van der Waals surface area contributed by atoms with Crippen molar-refractivity contribution in [3.05, 3.63) is 56.7 Å². The number of rotatable bonds is 4. The Bertz CT molecular complexity index is 676. The number of anilines is 1. The summed E-state index contributed by atoms with van der Waals surface area (Å²) in [5, 5.41) is 2.73. The molecule has 0 spiro atoms. The number of amides is 1. The summed E-state index contributed by atoms with van der Waals surface area (Å²) < 4.78 is 1.02. The number of Topliss-reactive ketones (excluding diaryl/α,β-unsaturated/α-hetero) is 1. The van der Waals surface area contributed by atoms with E-state index in [0.29, 0.717) is 11.3 Å². The lowest BCUT2D eigenvalue weighted by Crippen LogP contribution is -2.08. The molecule has 0 fully saturated rings. The van der Waals surface area contributed by atoms with Crippen LogP contribution >= 0.6 is 27.3 Å². The van der Waals surface area contributed by atoms with Crippen molar-refractivity contribution in [2.24, 2.45) is 0 Å². The fourth-order valence-corrected chi connectivity index (χ4v) is 2.90. The van der Waals surface area contributed by atoms with Crippen molar-refractivity contribution in [1.82, 2.24) is 0 Å². The van der Waals surface area contributed by atoms with Crippen molar-refractivity contribution in [3.63, 3.8) is 0 Å². The van der Waals surface area contributed by atoms with Gasteiger partial charge in [0.1, 0.15) is 0 Å². The summed E-state index contributed by atoms with van der Waals surface area (Å²) in [4.78, 5) is 24.0.